The van der Waals surface area contributed by atoms with E-state index < -0.39 is 6.03 Å². The van der Waals surface area contributed by atoms with Crippen molar-refractivity contribution in [3.05, 3.63) is 64.8 Å². The Morgan fingerprint density at radius 1 is 0.955 bits per heavy atom. The van der Waals surface area contributed by atoms with Gasteiger partial charge in [-0.3, -0.25) is 4.98 Å². The minimum Gasteiger partial charge on any atom is -0.306 e. The summed E-state index contributed by atoms with van der Waals surface area (Å²) in [6.07, 6.45) is 1.68. The zero-order chi connectivity index (χ0) is 15.5. The maximum Gasteiger partial charge on any atom is 0.323 e. The number of pyridine rings is 1. The maximum absolute atomic E-state index is 12.1. The first kappa shape index (κ1) is 14.6. The van der Waals surface area contributed by atoms with Crippen molar-refractivity contribution in [1.82, 2.24) is 4.98 Å². The highest BCUT2D eigenvalue weighted by atomic mass is 35.5. The van der Waals surface area contributed by atoms with Gasteiger partial charge in [0, 0.05) is 16.6 Å². The molecule has 3 aromatic rings. The molecule has 22 heavy (non-hydrogen) atoms. The van der Waals surface area contributed by atoms with E-state index >= 15 is 0 Å². The predicted octanol–water partition coefficient (Wildman–Crippen LogP) is 5.19. The zero-order valence-corrected chi connectivity index (χ0v) is 12.8. The van der Waals surface area contributed by atoms with Crippen molar-refractivity contribution in [2.45, 2.75) is 0 Å². The molecule has 3 rings (SSSR count). The zero-order valence-electron chi connectivity index (χ0n) is 11.3. The summed E-state index contributed by atoms with van der Waals surface area (Å²) in [5, 5.41) is 7.29. The first-order valence-corrected chi connectivity index (χ1v) is 7.26. The molecule has 1 heterocycles. The third-order valence-electron chi connectivity index (χ3n) is 3.06. The number of aromatic nitrogens is 1. The number of benzene rings is 2. The highest BCUT2D eigenvalue weighted by Gasteiger charge is 2.09. The molecule has 0 unspecified atom stereocenters. The first-order chi connectivity index (χ1) is 10.6. The number of para-hydroxylation sites is 1. The lowest BCUT2D eigenvalue weighted by Crippen LogP contribution is -2.19. The fourth-order valence-corrected chi connectivity index (χ4v) is 2.41. The van der Waals surface area contributed by atoms with Gasteiger partial charge in [0.05, 0.1) is 21.9 Å². The van der Waals surface area contributed by atoms with Crippen LogP contribution in [0.25, 0.3) is 10.9 Å². The summed E-state index contributed by atoms with van der Waals surface area (Å²) in [4.78, 5) is 16.4. The molecule has 0 fully saturated rings. The van der Waals surface area contributed by atoms with Gasteiger partial charge in [0.25, 0.3) is 0 Å². The number of fused-ring (bicyclic) bond motifs is 1. The number of rotatable bonds is 2. The molecule has 0 atom stereocenters. The second-order valence-electron chi connectivity index (χ2n) is 4.58. The third-order valence-corrected chi connectivity index (χ3v) is 3.62. The van der Waals surface area contributed by atoms with Crippen LogP contribution < -0.4 is 10.6 Å². The number of carbonyl (C=O) groups is 1. The number of carbonyl (C=O) groups excluding carboxylic acids is 1. The monoisotopic (exact) mass is 331 g/mol. The molecule has 0 saturated carbocycles. The average Bonchev–Trinajstić information content (AvgIpc) is 2.51. The molecule has 0 bridgehead atoms. The van der Waals surface area contributed by atoms with E-state index in [1.54, 1.807) is 30.5 Å². The summed E-state index contributed by atoms with van der Waals surface area (Å²) in [5.41, 5.74) is 1.78. The Hall–Kier alpha value is -2.30. The van der Waals surface area contributed by atoms with Crippen molar-refractivity contribution < 1.29 is 4.79 Å². The molecule has 0 aliphatic heterocycles. The van der Waals surface area contributed by atoms with Gasteiger partial charge in [0.1, 0.15) is 0 Å². The van der Waals surface area contributed by atoms with Crippen LogP contribution in [0.15, 0.2) is 54.7 Å². The van der Waals surface area contributed by atoms with Crippen molar-refractivity contribution in [1.29, 1.82) is 0 Å². The smallest absolute Gasteiger partial charge is 0.306 e. The SMILES string of the molecule is O=C(Nc1cc(Cl)ccc1Cl)Nc1cccc2cccnc12. The Kier molecular flexibility index (Phi) is 4.13. The van der Waals surface area contributed by atoms with E-state index in [1.807, 2.05) is 24.3 Å². The van der Waals surface area contributed by atoms with Gasteiger partial charge in [-0.1, -0.05) is 41.4 Å². The molecule has 2 aromatic carbocycles. The molecule has 0 radical (unpaired) electrons. The second-order valence-corrected chi connectivity index (χ2v) is 5.43. The predicted molar refractivity (Wildman–Crippen MR) is 90.8 cm³/mol. The van der Waals surface area contributed by atoms with Crippen LogP contribution in [0.5, 0.6) is 0 Å². The molecular formula is C16H11Cl2N3O. The number of amides is 2. The molecule has 2 N–H and O–H groups in total. The Balaban J connectivity index is 1.83. The lowest BCUT2D eigenvalue weighted by molar-refractivity contribution is 0.262. The van der Waals surface area contributed by atoms with Crippen LogP contribution in [-0.4, -0.2) is 11.0 Å². The van der Waals surface area contributed by atoms with E-state index in [4.69, 9.17) is 23.2 Å². The highest BCUT2D eigenvalue weighted by Crippen LogP contribution is 2.26. The lowest BCUT2D eigenvalue weighted by Gasteiger charge is -2.10. The van der Waals surface area contributed by atoms with Gasteiger partial charge < -0.3 is 10.6 Å². The number of nitrogens with one attached hydrogen (secondary N) is 2. The molecule has 4 nitrogen and oxygen atoms in total. The van der Waals surface area contributed by atoms with Crippen molar-refractivity contribution in [3.63, 3.8) is 0 Å². The van der Waals surface area contributed by atoms with Gasteiger partial charge in [-0.05, 0) is 30.3 Å². The van der Waals surface area contributed by atoms with E-state index in [0.717, 1.165) is 10.9 Å². The Labute approximate surface area is 137 Å². The number of anilines is 2. The summed E-state index contributed by atoms with van der Waals surface area (Å²) in [6.45, 7) is 0. The van der Waals surface area contributed by atoms with Crippen LogP contribution in [0.2, 0.25) is 10.0 Å². The van der Waals surface area contributed by atoms with Crippen molar-refractivity contribution >= 4 is 51.5 Å². The topological polar surface area (TPSA) is 54.0 Å². The number of hydrogen-bond acceptors (Lipinski definition) is 2. The molecule has 1 aromatic heterocycles. The summed E-state index contributed by atoms with van der Waals surface area (Å²) in [7, 11) is 0. The van der Waals surface area contributed by atoms with Crippen LogP contribution in [0, 0.1) is 0 Å². The van der Waals surface area contributed by atoms with Crippen LogP contribution in [-0.2, 0) is 0 Å². The minimum atomic E-state index is -0.415. The quantitative estimate of drug-likeness (QED) is 0.679. The van der Waals surface area contributed by atoms with E-state index in [1.165, 1.54) is 0 Å². The van der Waals surface area contributed by atoms with Gasteiger partial charge >= 0.3 is 6.03 Å². The third kappa shape index (κ3) is 3.13. The summed E-state index contributed by atoms with van der Waals surface area (Å²) >= 11 is 11.9. The summed E-state index contributed by atoms with van der Waals surface area (Å²) in [6, 6.07) is 13.8. The second kappa shape index (κ2) is 6.22. The largest absolute Gasteiger partial charge is 0.323 e. The van der Waals surface area contributed by atoms with Crippen molar-refractivity contribution in [2.75, 3.05) is 10.6 Å². The highest BCUT2D eigenvalue weighted by molar-refractivity contribution is 6.35. The van der Waals surface area contributed by atoms with E-state index in [-0.39, 0.29) is 0 Å². The molecule has 0 aliphatic rings. The van der Waals surface area contributed by atoms with Gasteiger partial charge in [0.15, 0.2) is 0 Å². The molecular weight excluding hydrogens is 321 g/mol. The van der Waals surface area contributed by atoms with Gasteiger partial charge in [0.2, 0.25) is 0 Å². The van der Waals surface area contributed by atoms with Gasteiger partial charge in [-0.15, -0.1) is 0 Å². The summed E-state index contributed by atoms with van der Waals surface area (Å²) in [5.74, 6) is 0. The fourth-order valence-electron chi connectivity index (χ4n) is 2.07. The van der Waals surface area contributed by atoms with Gasteiger partial charge in [-0.25, -0.2) is 4.79 Å². The van der Waals surface area contributed by atoms with Crippen LogP contribution >= 0.6 is 23.2 Å². The number of nitrogens with zero attached hydrogens (tertiary/aromatic N) is 1. The van der Waals surface area contributed by atoms with E-state index in [9.17, 15) is 4.79 Å². The fraction of sp³-hybridized carbons (Fsp3) is 0. The van der Waals surface area contributed by atoms with E-state index in [2.05, 4.69) is 15.6 Å². The maximum atomic E-state index is 12.1. The average molecular weight is 332 g/mol. The van der Waals surface area contributed by atoms with Crippen LogP contribution in [0.4, 0.5) is 16.2 Å². The lowest BCUT2D eigenvalue weighted by atomic mass is 10.2. The number of halogens is 2. The first-order valence-electron chi connectivity index (χ1n) is 6.50. The van der Waals surface area contributed by atoms with Crippen molar-refractivity contribution in [3.8, 4) is 0 Å². The molecule has 0 saturated heterocycles. The van der Waals surface area contributed by atoms with Crippen LogP contribution in [0.3, 0.4) is 0 Å². The van der Waals surface area contributed by atoms with Gasteiger partial charge in [-0.2, -0.15) is 0 Å². The van der Waals surface area contributed by atoms with Crippen LogP contribution in [0.1, 0.15) is 0 Å². The molecule has 0 spiro atoms. The number of urea groups is 1. The normalized spacial score (nSPS) is 10.5. The van der Waals surface area contributed by atoms with Crippen molar-refractivity contribution in [2.24, 2.45) is 0 Å². The standard InChI is InChI=1S/C16H11Cl2N3O/c17-11-6-7-12(18)14(9-11)21-16(22)20-13-5-1-3-10-4-2-8-19-15(10)13/h1-9H,(H2,20,21,22). The summed E-state index contributed by atoms with van der Waals surface area (Å²) < 4.78 is 0. The Morgan fingerprint density at radius 3 is 2.59 bits per heavy atom. The number of hydrogen-bond donors (Lipinski definition) is 2. The molecule has 0 aliphatic carbocycles. The molecule has 6 heteroatoms. The minimum absolute atomic E-state index is 0.413. The van der Waals surface area contributed by atoms with E-state index in [0.29, 0.717) is 21.4 Å². The molecule has 2 amide bonds. The Bertz CT molecular complexity index is 846. The Morgan fingerprint density at radius 2 is 1.73 bits per heavy atom. The molecule has 110 valence electrons.